The molecule has 0 amide bonds. The van der Waals surface area contributed by atoms with Gasteiger partial charge in [0.05, 0.1) is 6.10 Å². The first-order valence-electron chi connectivity index (χ1n) is 8.39. The lowest BCUT2D eigenvalue weighted by Gasteiger charge is -2.35. The standard InChI is InChI=1S/C16H30N2O/c17-6-1-9-19-16-4-7-18(8-5-16)12-15-11-13-2-3-14(15)10-13/h13-16H,1-12,17H2. The number of likely N-dealkylation sites (tertiary alicyclic amines) is 1. The summed E-state index contributed by atoms with van der Waals surface area (Å²) in [5.74, 6) is 3.18. The Morgan fingerprint density at radius 3 is 2.53 bits per heavy atom. The molecule has 3 unspecified atom stereocenters. The fourth-order valence-corrected chi connectivity index (χ4v) is 4.52. The zero-order valence-electron chi connectivity index (χ0n) is 12.2. The minimum absolute atomic E-state index is 0.503. The molecule has 3 fully saturated rings. The minimum atomic E-state index is 0.503. The predicted octanol–water partition coefficient (Wildman–Crippen LogP) is 2.25. The van der Waals surface area contributed by atoms with Crippen LogP contribution in [0.15, 0.2) is 0 Å². The summed E-state index contributed by atoms with van der Waals surface area (Å²) in [6.07, 6.45) is 10.1. The quantitative estimate of drug-likeness (QED) is 0.749. The fourth-order valence-electron chi connectivity index (χ4n) is 4.52. The van der Waals surface area contributed by atoms with Crippen LogP contribution in [-0.4, -0.2) is 43.8 Å². The zero-order chi connectivity index (χ0) is 13.1. The molecule has 3 atom stereocenters. The summed E-state index contributed by atoms with van der Waals surface area (Å²) < 4.78 is 5.88. The maximum Gasteiger partial charge on any atom is 0.0599 e. The Balaban J connectivity index is 1.34. The Labute approximate surface area is 117 Å². The van der Waals surface area contributed by atoms with E-state index in [0.29, 0.717) is 6.10 Å². The van der Waals surface area contributed by atoms with Gasteiger partial charge in [-0.2, -0.15) is 0 Å². The molecule has 1 heterocycles. The minimum Gasteiger partial charge on any atom is -0.378 e. The van der Waals surface area contributed by atoms with Crippen molar-refractivity contribution in [2.24, 2.45) is 23.5 Å². The molecule has 0 aromatic rings. The molecule has 0 spiro atoms. The number of piperidine rings is 1. The van der Waals surface area contributed by atoms with Gasteiger partial charge in [-0.25, -0.2) is 0 Å². The topological polar surface area (TPSA) is 38.5 Å². The van der Waals surface area contributed by atoms with Crippen LogP contribution in [0.25, 0.3) is 0 Å². The summed E-state index contributed by atoms with van der Waals surface area (Å²) in [4.78, 5) is 2.70. The van der Waals surface area contributed by atoms with Gasteiger partial charge in [-0.05, 0) is 62.8 Å². The molecule has 3 heteroatoms. The lowest BCUT2D eigenvalue weighted by atomic mass is 9.88. The molecule has 2 bridgehead atoms. The number of nitrogens with two attached hydrogens (primary N) is 1. The van der Waals surface area contributed by atoms with Crippen LogP contribution < -0.4 is 5.73 Å². The molecule has 1 aliphatic heterocycles. The lowest BCUT2D eigenvalue weighted by molar-refractivity contribution is 0.00261. The van der Waals surface area contributed by atoms with Gasteiger partial charge < -0.3 is 15.4 Å². The SMILES string of the molecule is NCCCOC1CCN(CC2CC3CCC2C3)CC1. The summed E-state index contributed by atoms with van der Waals surface area (Å²) in [7, 11) is 0. The highest BCUT2D eigenvalue weighted by Crippen LogP contribution is 2.48. The van der Waals surface area contributed by atoms with E-state index in [2.05, 4.69) is 4.90 Å². The smallest absolute Gasteiger partial charge is 0.0599 e. The molecule has 0 aromatic carbocycles. The average molecular weight is 266 g/mol. The molecular formula is C16H30N2O. The van der Waals surface area contributed by atoms with Crippen molar-refractivity contribution >= 4 is 0 Å². The number of fused-ring (bicyclic) bond motifs is 2. The summed E-state index contributed by atoms with van der Waals surface area (Å²) >= 11 is 0. The number of hydrogen-bond acceptors (Lipinski definition) is 3. The molecule has 1 saturated heterocycles. The Morgan fingerprint density at radius 2 is 1.89 bits per heavy atom. The van der Waals surface area contributed by atoms with Gasteiger partial charge in [0.2, 0.25) is 0 Å². The first-order chi connectivity index (χ1) is 9.35. The van der Waals surface area contributed by atoms with Crippen molar-refractivity contribution in [3.8, 4) is 0 Å². The van der Waals surface area contributed by atoms with Crippen molar-refractivity contribution < 1.29 is 4.74 Å². The van der Waals surface area contributed by atoms with Crippen LogP contribution in [0.3, 0.4) is 0 Å². The molecule has 0 aromatic heterocycles. The maximum atomic E-state index is 5.88. The van der Waals surface area contributed by atoms with E-state index >= 15 is 0 Å². The molecule has 110 valence electrons. The van der Waals surface area contributed by atoms with E-state index in [1.54, 1.807) is 6.42 Å². The zero-order valence-corrected chi connectivity index (χ0v) is 12.2. The third kappa shape index (κ3) is 3.50. The van der Waals surface area contributed by atoms with Crippen LogP contribution in [0.5, 0.6) is 0 Å². The van der Waals surface area contributed by atoms with Crippen molar-refractivity contribution in [3.05, 3.63) is 0 Å². The molecule has 0 radical (unpaired) electrons. The predicted molar refractivity (Wildman–Crippen MR) is 78.0 cm³/mol. The number of ether oxygens (including phenoxy) is 1. The molecule has 2 N–H and O–H groups in total. The summed E-state index contributed by atoms with van der Waals surface area (Å²) in [5.41, 5.74) is 5.50. The van der Waals surface area contributed by atoms with Crippen molar-refractivity contribution in [1.29, 1.82) is 0 Å². The van der Waals surface area contributed by atoms with E-state index in [4.69, 9.17) is 10.5 Å². The molecule has 3 aliphatic rings. The third-order valence-corrected chi connectivity index (χ3v) is 5.61. The van der Waals surface area contributed by atoms with E-state index in [0.717, 1.165) is 37.3 Å². The largest absolute Gasteiger partial charge is 0.378 e. The monoisotopic (exact) mass is 266 g/mol. The van der Waals surface area contributed by atoms with Gasteiger partial charge in [0, 0.05) is 26.2 Å². The molecule has 19 heavy (non-hydrogen) atoms. The van der Waals surface area contributed by atoms with Gasteiger partial charge >= 0.3 is 0 Å². The van der Waals surface area contributed by atoms with Crippen LogP contribution in [0.2, 0.25) is 0 Å². The summed E-state index contributed by atoms with van der Waals surface area (Å²) in [6.45, 7) is 5.48. The highest BCUT2D eigenvalue weighted by atomic mass is 16.5. The van der Waals surface area contributed by atoms with Gasteiger partial charge in [0.25, 0.3) is 0 Å². The van der Waals surface area contributed by atoms with Crippen molar-refractivity contribution in [1.82, 2.24) is 4.90 Å². The molecular weight excluding hydrogens is 236 g/mol. The van der Waals surface area contributed by atoms with E-state index < -0.39 is 0 Å². The molecule has 3 nitrogen and oxygen atoms in total. The lowest BCUT2D eigenvalue weighted by Crippen LogP contribution is -2.40. The van der Waals surface area contributed by atoms with Gasteiger partial charge in [-0.15, -0.1) is 0 Å². The summed E-state index contributed by atoms with van der Waals surface area (Å²) in [5, 5.41) is 0. The Bertz CT molecular complexity index is 276. The summed E-state index contributed by atoms with van der Waals surface area (Å²) in [6, 6.07) is 0. The Hall–Kier alpha value is -0.120. The second kappa shape index (κ2) is 6.55. The van der Waals surface area contributed by atoms with Gasteiger partial charge in [0.1, 0.15) is 0 Å². The van der Waals surface area contributed by atoms with Crippen LogP contribution in [0.4, 0.5) is 0 Å². The highest BCUT2D eigenvalue weighted by Gasteiger charge is 2.40. The van der Waals surface area contributed by atoms with Crippen LogP contribution in [-0.2, 0) is 4.74 Å². The van der Waals surface area contributed by atoms with E-state index in [1.165, 1.54) is 51.7 Å². The number of rotatable bonds is 6. The Morgan fingerprint density at radius 1 is 1.05 bits per heavy atom. The van der Waals surface area contributed by atoms with Gasteiger partial charge in [-0.1, -0.05) is 6.42 Å². The van der Waals surface area contributed by atoms with Crippen molar-refractivity contribution in [2.45, 2.75) is 51.0 Å². The molecule has 2 aliphatic carbocycles. The van der Waals surface area contributed by atoms with E-state index in [9.17, 15) is 0 Å². The van der Waals surface area contributed by atoms with Gasteiger partial charge in [-0.3, -0.25) is 0 Å². The van der Waals surface area contributed by atoms with E-state index in [1.807, 2.05) is 0 Å². The first kappa shape index (κ1) is 13.8. The fraction of sp³-hybridized carbons (Fsp3) is 1.00. The first-order valence-corrected chi connectivity index (χ1v) is 8.39. The maximum absolute atomic E-state index is 5.88. The van der Waals surface area contributed by atoms with Crippen molar-refractivity contribution in [3.63, 3.8) is 0 Å². The van der Waals surface area contributed by atoms with Crippen LogP contribution in [0, 0.1) is 17.8 Å². The molecule has 3 rings (SSSR count). The number of hydrogen-bond donors (Lipinski definition) is 1. The second-order valence-electron chi connectivity index (χ2n) is 6.95. The van der Waals surface area contributed by atoms with Crippen LogP contribution >= 0.6 is 0 Å². The second-order valence-corrected chi connectivity index (χ2v) is 6.95. The molecule has 2 saturated carbocycles. The van der Waals surface area contributed by atoms with Gasteiger partial charge in [0.15, 0.2) is 0 Å². The van der Waals surface area contributed by atoms with Crippen molar-refractivity contribution in [2.75, 3.05) is 32.8 Å². The highest BCUT2D eigenvalue weighted by molar-refractivity contribution is 4.91. The average Bonchev–Trinajstić information content (AvgIpc) is 3.03. The normalized spacial score (nSPS) is 36.2. The third-order valence-electron chi connectivity index (χ3n) is 5.61. The number of nitrogens with zero attached hydrogens (tertiary/aromatic N) is 1. The van der Waals surface area contributed by atoms with Crippen LogP contribution in [0.1, 0.15) is 44.9 Å². The van der Waals surface area contributed by atoms with E-state index in [-0.39, 0.29) is 0 Å². The Kier molecular flexibility index (Phi) is 4.78.